The maximum Gasteiger partial charge on any atom is 0.153 e. The molecule has 0 spiro atoms. The summed E-state index contributed by atoms with van der Waals surface area (Å²) in [6.07, 6.45) is 3.70. The van der Waals surface area contributed by atoms with Crippen molar-refractivity contribution in [3.05, 3.63) is 71.9 Å². The average molecular weight is 304 g/mol. The lowest BCUT2D eigenvalue weighted by molar-refractivity contribution is 0.112. The molecule has 3 heteroatoms. The van der Waals surface area contributed by atoms with Crippen LogP contribution in [0.5, 0.6) is 0 Å². The van der Waals surface area contributed by atoms with E-state index in [0.717, 1.165) is 29.7 Å². The van der Waals surface area contributed by atoms with Crippen molar-refractivity contribution >= 4 is 6.29 Å². The van der Waals surface area contributed by atoms with Crippen LogP contribution in [-0.4, -0.2) is 16.1 Å². The minimum atomic E-state index is 0.602. The molecule has 0 fully saturated rings. The summed E-state index contributed by atoms with van der Waals surface area (Å²) in [4.78, 5) is 11.4. The van der Waals surface area contributed by atoms with Gasteiger partial charge in [0.2, 0.25) is 0 Å². The van der Waals surface area contributed by atoms with E-state index in [9.17, 15) is 4.79 Å². The molecule has 0 amide bonds. The van der Waals surface area contributed by atoms with Gasteiger partial charge in [-0.2, -0.15) is 5.10 Å². The number of benzene rings is 2. The highest BCUT2D eigenvalue weighted by atomic mass is 16.1. The van der Waals surface area contributed by atoms with Gasteiger partial charge in [0.15, 0.2) is 6.29 Å². The number of aromatic nitrogens is 2. The molecule has 3 rings (SSSR count). The first-order valence-corrected chi connectivity index (χ1v) is 7.87. The fourth-order valence-corrected chi connectivity index (χ4v) is 2.68. The number of aldehydes is 1. The lowest BCUT2D eigenvalue weighted by Gasteiger charge is -2.06. The summed E-state index contributed by atoms with van der Waals surface area (Å²) in [6.45, 7) is 4.42. The Kier molecular flexibility index (Phi) is 4.38. The highest BCUT2D eigenvalue weighted by Gasteiger charge is 2.11. The second kappa shape index (κ2) is 6.61. The molecule has 1 aromatic heterocycles. The van der Waals surface area contributed by atoms with Crippen molar-refractivity contribution in [3.63, 3.8) is 0 Å². The van der Waals surface area contributed by atoms with Crippen LogP contribution in [-0.2, 0) is 6.42 Å². The number of carbonyl (C=O) groups excluding carboxylic acids is 1. The van der Waals surface area contributed by atoms with E-state index in [-0.39, 0.29) is 0 Å². The van der Waals surface area contributed by atoms with E-state index >= 15 is 0 Å². The normalized spacial score (nSPS) is 10.9. The van der Waals surface area contributed by atoms with Crippen LogP contribution in [0.1, 0.15) is 29.8 Å². The van der Waals surface area contributed by atoms with E-state index in [0.29, 0.717) is 11.5 Å². The maximum absolute atomic E-state index is 11.4. The van der Waals surface area contributed by atoms with Crippen molar-refractivity contribution in [1.29, 1.82) is 0 Å². The Bertz CT molecular complexity index is 786. The summed E-state index contributed by atoms with van der Waals surface area (Å²) >= 11 is 0. The molecule has 3 aromatic rings. The molecule has 116 valence electrons. The Labute approximate surface area is 136 Å². The summed E-state index contributed by atoms with van der Waals surface area (Å²) in [5.41, 5.74) is 4.54. The standard InChI is InChI=1S/C20H20N2O/c1-15(2)12-16-8-10-17(11-9-16)20-18(14-23)13-22(21-20)19-6-4-3-5-7-19/h3-11,13-15H,12H2,1-2H3. The summed E-state index contributed by atoms with van der Waals surface area (Å²) in [7, 11) is 0. The van der Waals surface area contributed by atoms with Crippen LogP contribution in [0, 0.1) is 5.92 Å². The second-order valence-electron chi connectivity index (χ2n) is 6.13. The third-order valence-electron chi connectivity index (χ3n) is 3.76. The largest absolute Gasteiger partial charge is 0.298 e. The summed E-state index contributed by atoms with van der Waals surface area (Å²) in [6, 6.07) is 18.1. The third-order valence-corrected chi connectivity index (χ3v) is 3.76. The molecule has 0 N–H and O–H groups in total. The van der Waals surface area contributed by atoms with Gasteiger partial charge in [-0.3, -0.25) is 4.79 Å². The summed E-state index contributed by atoms with van der Waals surface area (Å²) in [5.74, 6) is 0.628. The molecule has 0 saturated carbocycles. The van der Waals surface area contributed by atoms with Gasteiger partial charge in [-0.1, -0.05) is 56.3 Å². The van der Waals surface area contributed by atoms with Crippen molar-refractivity contribution in [2.24, 2.45) is 5.92 Å². The number of carbonyl (C=O) groups is 1. The van der Waals surface area contributed by atoms with E-state index in [1.165, 1.54) is 5.56 Å². The average Bonchev–Trinajstić information content (AvgIpc) is 3.00. The van der Waals surface area contributed by atoms with Crippen LogP contribution in [0.2, 0.25) is 0 Å². The van der Waals surface area contributed by atoms with Crippen LogP contribution < -0.4 is 0 Å². The lowest BCUT2D eigenvalue weighted by Crippen LogP contribution is -1.95. The summed E-state index contributed by atoms with van der Waals surface area (Å²) < 4.78 is 1.75. The molecule has 0 saturated heterocycles. The first kappa shape index (κ1) is 15.2. The topological polar surface area (TPSA) is 34.9 Å². The zero-order valence-corrected chi connectivity index (χ0v) is 13.4. The quantitative estimate of drug-likeness (QED) is 0.648. The second-order valence-corrected chi connectivity index (χ2v) is 6.13. The van der Waals surface area contributed by atoms with Crippen molar-refractivity contribution in [2.45, 2.75) is 20.3 Å². The van der Waals surface area contributed by atoms with Crippen LogP contribution in [0.4, 0.5) is 0 Å². The van der Waals surface area contributed by atoms with Gasteiger partial charge in [0.05, 0.1) is 11.3 Å². The van der Waals surface area contributed by atoms with Crippen LogP contribution >= 0.6 is 0 Å². The molecule has 2 aromatic carbocycles. The number of nitrogens with zero attached hydrogens (tertiary/aromatic N) is 2. The van der Waals surface area contributed by atoms with E-state index in [4.69, 9.17) is 0 Å². The van der Waals surface area contributed by atoms with E-state index < -0.39 is 0 Å². The Morgan fingerprint density at radius 1 is 1.04 bits per heavy atom. The predicted octanol–water partition coefficient (Wildman–Crippen LogP) is 4.55. The number of rotatable bonds is 5. The van der Waals surface area contributed by atoms with E-state index in [1.807, 2.05) is 42.5 Å². The van der Waals surface area contributed by atoms with Gasteiger partial charge in [-0.15, -0.1) is 0 Å². The van der Waals surface area contributed by atoms with Crippen molar-refractivity contribution in [1.82, 2.24) is 9.78 Å². The number of hydrogen-bond acceptors (Lipinski definition) is 2. The zero-order valence-electron chi connectivity index (χ0n) is 13.4. The summed E-state index contributed by atoms with van der Waals surface area (Å²) in [5, 5.41) is 4.60. The molecule has 0 radical (unpaired) electrons. The zero-order chi connectivity index (χ0) is 16.2. The molecule has 0 atom stereocenters. The Morgan fingerprint density at radius 3 is 2.35 bits per heavy atom. The highest BCUT2D eigenvalue weighted by Crippen LogP contribution is 2.23. The van der Waals surface area contributed by atoms with Gasteiger partial charge in [-0.05, 0) is 30.0 Å². The van der Waals surface area contributed by atoms with Crippen molar-refractivity contribution < 1.29 is 4.79 Å². The van der Waals surface area contributed by atoms with E-state index in [2.05, 4.69) is 31.1 Å². The highest BCUT2D eigenvalue weighted by molar-refractivity contribution is 5.85. The molecule has 1 heterocycles. The molecule has 0 aliphatic rings. The molecular formula is C20H20N2O. The fourth-order valence-electron chi connectivity index (χ4n) is 2.68. The van der Waals surface area contributed by atoms with Crippen molar-refractivity contribution in [3.8, 4) is 16.9 Å². The number of para-hydroxylation sites is 1. The Morgan fingerprint density at radius 2 is 1.74 bits per heavy atom. The predicted molar refractivity (Wildman–Crippen MR) is 92.9 cm³/mol. The molecule has 23 heavy (non-hydrogen) atoms. The first-order valence-electron chi connectivity index (χ1n) is 7.87. The van der Waals surface area contributed by atoms with Crippen LogP contribution in [0.3, 0.4) is 0 Å². The smallest absolute Gasteiger partial charge is 0.153 e. The van der Waals surface area contributed by atoms with Gasteiger partial charge in [0.25, 0.3) is 0 Å². The molecule has 3 nitrogen and oxygen atoms in total. The van der Waals surface area contributed by atoms with Gasteiger partial charge >= 0.3 is 0 Å². The van der Waals surface area contributed by atoms with Gasteiger partial charge in [-0.25, -0.2) is 4.68 Å². The molecular weight excluding hydrogens is 284 g/mol. The first-order chi connectivity index (χ1) is 11.2. The third kappa shape index (κ3) is 3.39. The minimum absolute atomic E-state index is 0.602. The maximum atomic E-state index is 11.4. The fraction of sp³-hybridized carbons (Fsp3) is 0.200. The molecule has 0 bridgehead atoms. The SMILES string of the molecule is CC(C)Cc1ccc(-c2nn(-c3ccccc3)cc2C=O)cc1. The molecule has 0 aliphatic carbocycles. The monoisotopic (exact) mass is 304 g/mol. The lowest BCUT2D eigenvalue weighted by atomic mass is 10.0. The molecule has 0 aliphatic heterocycles. The van der Waals surface area contributed by atoms with Crippen molar-refractivity contribution in [2.75, 3.05) is 0 Å². The van der Waals surface area contributed by atoms with Crippen LogP contribution in [0.15, 0.2) is 60.8 Å². The van der Waals surface area contributed by atoms with Crippen LogP contribution in [0.25, 0.3) is 16.9 Å². The van der Waals surface area contributed by atoms with Gasteiger partial charge < -0.3 is 0 Å². The van der Waals surface area contributed by atoms with E-state index in [1.54, 1.807) is 10.9 Å². The minimum Gasteiger partial charge on any atom is -0.298 e. The Hall–Kier alpha value is -2.68. The number of hydrogen-bond donors (Lipinski definition) is 0. The van der Waals surface area contributed by atoms with Gasteiger partial charge in [0.1, 0.15) is 5.69 Å². The van der Waals surface area contributed by atoms with Gasteiger partial charge in [0, 0.05) is 11.8 Å². The molecule has 0 unspecified atom stereocenters. The Balaban J connectivity index is 1.96.